The molecule has 1 fully saturated rings. The Morgan fingerprint density at radius 3 is 3.05 bits per heavy atom. The van der Waals surface area contributed by atoms with Gasteiger partial charge in [0.1, 0.15) is 5.69 Å². The standard InChI is InChI=1S/C14H19BrN2O3/c1-14(2)9-17(7-10(20-14)8-19-3)13(18)12-11(15)5-4-6-16-12/h4-6,10H,7-9H2,1-3H3. The molecule has 0 radical (unpaired) electrons. The molecule has 20 heavy (non-hydrogen) atoms. The molecule has 0 bridgehead atoms. The lowest BCUT2D eigenvalue weighted by atomic mass is 10.0. The van der Waals surface area contributed by atoms with E-state index in [1.807, 2.05) is 19.9 Å². The van der Waals surface area contributed by atoms with Gasteiger partial charge in [0.25, 0.3) is 5.91 Å². The lowest BCUT2D eigenvalue weighted by Gasteiger charge is -2.42. The summed E-state index contributed by atoms with van der Waals surface area (Å²) in [5, 5.41) is 0. The second-order valence-corrected chi connectivity index (χ2v) is 6.33. The summed E-state index contributed by atoms with van der Waals surface area (Å²) in [4.78, 5) is 18.5. The molecule has 2 rings (SSSR count). The first-order valence-electron chi connectivity index (χ1n) is 6.49. The second kappa shape index (κ2) is 6.20. The van der Waals surface area contributed by atoms with Gasteiger partial charge >= 0.3 is 0 Å². The molecule has 1 saturated heterocycles. The molecule has 6 heteroatoms. The second-order valence-electron chi connectivity index (χ2n) is 5.47. The number of halogens is 1. The molecule has 1 aromatic heterocycles. The quantitative estimate of drug-likeness (QED) is 0.844. The summed E-state index contributed by atoms with van der Waals surface area (Å²) < 4.78 is 11.8. The van der Waals surface area contributed by atoms with Gasteiger partial charge in [0, 0.05) is 30.9 Å². The number of rotatable bonds is 3. The average Bonchev–Trinajstić information content (AvgIpc) is 2.37. The van der Waals surface area contributed by atoms with E-state index < -0.39 is 5.60 Å². The van der Waals surface area contributed by atoms with Crippen LogP contribution >= 0.6 is 15.9 Å². The van der Waals surface area contributed by atoms with Gasteiger partial charge in [-0.05, 0) is 41.9 Å². The predicted molar refractivity (Wildman–Crippen MR) is 78.7 cm³/mol. The summed E-state index contributed by atoms with van der Waals surface area (Å²) in [7, 11) is 1.63. The third-order valence-electron chi connectivity index (χ3n) is 3.08. The van der Waals surface area contributed by atoms with Crippen LogP contribution in [0.5, 0.6) is 0 Å². The zero-order chi connectivity index (χ0) is 14.8. The number of methoxy groups -OCH3 is 1. The number of aromatic nitrogens is 1. The molecule has 1 amide bonds. The van der Waals surface area contributed by atoms with Crippen LogP contribution in [0.15, 0.2) is 22.8 Å². The number of hydrogen-bond acceptors (Lipinski definition) is 4. The van der Waals surface area contributed by atoms with Crippen molar-refractivity contribution in [3.05, 3.63) is 28.5 Å². The van der Waals surface area contributed by atoms with Gasteiger partial charge in [0.05, 0.1) is 18.3 Å². The van der Waals surface area contributed by atoms with E-state index in [4.69, 9.17) is 9.47 Å². The van der Waals surface area contributed by atoms with Gasteiger partial charge in [0.15, 0.2) is 0 Å². The van der Waals surface area contributed by atoms with Crippen LogP contribution < -0.4 is 0 Å². The van der Waals surface area contributed by atoms with Crippen LogP contribution in [0, 0.1) is 0 Å². The van der Waals surface area contributed by atoms with Crippen LogP contribution in [-0.2, 0) is 9.47 Å². The highest BCUT2D eigenvalue weighted by Gasteiger charge is 2.36. The van der Waals surface area contributed by atoms with E-state index in [2.05, 4.69) is 20.9 Å². The number of carbonyl (C=O) groups excluding carboxylic acids is 1. The van der Waals surface area contributed by atoms with E-state index in [1.165, 1.54) is 0 Å². The average molecular weight is 343 g/mol. The van der Waals surface area contributed by atoms with Crippen LogP contribution in [0.25, 0.3) is 0 Å². The highest BCUT2D eigenvalue weighted by Crippen LogP contribution is 2.24. The van der Waals surface area contributed by atoms with Crippen LogP contribution in [0.3, 0.4) is 0 Å². The fraction of sp³-hybridized carbons (Fsp3) is 0.571. The van der Waals surface area contributed by atoms with Crippen molar-refractivity contribution >= 4 is 21.8 Å². The molecule has 2 heterocycles. The van der Waals surface area contributed by atoms with Crippen molar-refractivity contribution in [1.29, 1.82) is 0 Å². The van der Waals surface area contributed by atoms with Gasteiger partial charge in [-0.2, -0.15) is 0 Å². The van der Waals surface area contributed by atoms with Crippen molar-refractivity contribution in [2.75, 3.05) is 26.8 Å². The maximum absolute atomic E-state index is 12.6. The first-order valence-corrected chi connectivity index (χ1v) is 7.29. The molecule has 0 aliphatic carbocycles. The van der Waals surface area contributed by atoms with Crippen LogP contribution in [0.1, 0.15) is 24.3 Å². The summed E-state index contributed by atoms with van der Waals surface area (Å²) >= 11 is 3.37. The first kappa shape index (κ1) is 15.4. The summed E-state index contributed by atoms with van der Waals surface area (Å²) in [5.74, 6) is -0.0880. The van der Waals surface area contributed by atoms with Gasteiger partial charge in [-0.15, -0.1) is 0 Å². The van der Waals surface area contributed by atoms with Gasteiger partial charge < -0.3 is 14.4 Å². The largest absolute Gasteiger partial charge is 0.382 e. The maximum atomic E-state index is 12.6. The van der Waals surface area contributed by atoms with Crippen molar-refractivity contribution < 1.29 is 14.3 Å². The summed E-state index contributed by atoms with van der Waals surface area (Å²) in [6.45, 7) is 5.47. The zero-order valence-corrected chi connectivity index (χ0v) is 13.5. The molecule has 110 valence electrons. The molecule has 1 unspecified atom stereocenters. The van der Waals surface area contributed by atoms with E-state index in [1.54, 1.807) is 24.3 Å². The van der Waals surface area contributed by atoms with Crippen LogP contribution in [0.4, 0.5) is 0 Å². The molecule has 1 aliphatic heterocycles. The number of carbonyl (C=O) groups is 1. The summed E-state index contributed by atoms with van der Waals surface area (Å²) in [5.41, 5.74) is 0.0413. The van der Waals surface area contributed by atoms with E-state index in [9.17, 15) is 4.79 Å². The fourth-order valence-electron chi connectivity index (χ4n) is 2.42. The number of ether oxygens (including phenoxy) is 2. The third-order valence-corrected chi connectivity index (χ3v) is 3.72. The SMILES string of the molecule is COCC1CN(C(=O)c2ncccc2Br)CC(C)(C)O1. The Kier molecular flexibility index (Phi) is 4.78. The lowest BCUT2D eigenvalue weighted by molar-refractivity contribution is -0.143. The minimum Gasteiger partial charge on any atom is -0.382 e. The molecule has 0 saturated carbocycles. The minimum atomic E-state index is -0.391. The molecule has 1 aromatic rings. The number of hydrogen-bond donors (Lipinski definition) is 0. The molecule has 0 spiro atoms. The van der Waals surface area contributed by atoms with E-state index in [-0.39, 0.29) is 12.0 Å². The predicted octanol–water partition coefficient (Wildman–Crippen LogP) is 2.11. The zero-order valence-electron chi connectivity index (χ0n) is 11.9. The first-order chi connectivity index (χ1) is 9.43. The van der Waals surface area contributed by atoms with E-state index in [0.29, 0.717) is 29.9 Å². The Morgan fingerprint density at radius 1 is 1.65 bits per heavy atom. The molecule has 0 aromatic carbocycles. The number of amides is 1. The Morgan fingerprint density at radius 2 is 2.40 bits per heavy atom. The van der Waals surface area contributed by atoms with Gasteiger partial charge in [0.2, 0.25) is 0 Å². The van der Waals surface area contributed by atoms with Crippen LogP contribution in [0.2, 0.25) is 0 Å². The van der Waals surface area contributed by atoms with Crippen molar-refractivity contribution in [3.8, 4) is 0 Å². The van der Waals surface area contributed by atoms with Crippen molar-refractivity contribution in [2.24, 2.45) is 0 Å². The van der Waals surface area contributed by atoms with Gasteiger partial charge in [-0.1, -0.05) is 0 Å². The van der Waals surface area contributed by atoms with Gasteiger partial charge in [-0.25, -0.2) is 4.98 Å². The van der Waals surface area contributed by atoms with Crippen molar-refractivity contribution in [2.45, 2.75) is 25.6 Å². The van der Waals surface area contributed by atoms with E-state index >= 15 is 0 Å². The monoisotopic (exact) mass is 342 g/mol. The van der Waals surface area contributed by atoms with E-state index in [0.717, 1.165) is 0 Å². The Balaban J connectivity index is 2.18. The third kappa shape index (κ3) is 3.56. The smallest absolute Gasteiger partial charge is 0.273 e. The van der Waals surface area contributed by atoms with Gasteiger partial charge in [-0.3, -0.25) is 4.79 Å². The van der Waals surface area contributed by atoms with Crippen molar-refractivity contribution in [1.82, 2.24) is 9.88 Å². The molecule has 0 N–H and O–H groups in total. The maximum Gasteiger partial charge on any atom is 0.273 e. The number of nitrogens with zero attached hydrogens (tertiary/aromatic N) is 2. The Bertz CT molecular complexity index is 493. The Labute approximate surface area is 127 Å². The fourth-order valence-corrected chi connectivity index (χ4v) is 2.84. The minimum absolute atomic E-state index is 0.0880. The molecule has 1 atom stereocenters. The topological polar surface area (TPSA) is 51.7 Å². The highest BCUT2D eigenvalue weighted by atomic mass is 79.9. The molecule has 5 nitrogen and oxygen atoms in total. The molecule has 1 aliphatic rings. The number of morpholine rings is 1. The number of pyridine rings is 1. The van der Waals surface area contributed by atoms with Crippen molar-refractivity contribution in [3.63, 3.8) is 0 Å². The summed E-state index contributed by atoms with van der Waals surface area (Å²) in [6, 6.07) is 3.61. The molecular weight excluding hydrogens is 324 g/mol. The highest BCUT2D eigenvalue weighted by molar-refractivity contribution is 9.10. The summed E-state index contributed by atoms with van der Waals surface area (Å²) in [6.07, 6.45) is 1.51. The molecular formula is C14H19BrN2O3. The lowest BCUT2D eigenvalue weighted by Crippen LogP contribution is -2.55. The Hall–Kier alpha value is -0.980. The van der Waals surface area contributed by atoms with Crippen LogP contribution in [-0.4, -0.2) is 54.3 Å². The normalized spacial score (nSPS) is 21.8.